The van der Waals surface area contributed by atoms with Gasteiger partial charge in [-0.1, -0.05) is 140 Å². The highest BCUT2D eigenvalue weighted by atomic mass is 19.1. The van der Waals surface area contributed by atoms with Crippen LogP contribution in [0.2, 0.25) is 0 Å². The fraction of sp³-hybridized carbons (Fsp3) is 0. The first kappa shape index (κ1) is 28.6. The quantitative estimate of drug-likeness (QED) is 0.132. The maximum atomic E-state index is 14.0. The summed E-state index contributed by atoms with van der Waals surface area (Å²) in [4.78, 5) is 0. The second-order valence-electron chi connectivity index (χ2n) is 13.1. The Morgan fingerprint density at radius 2 is 0.740 bits per heavy atom. The SMILES string of the molecule is Fc1ccc(-c2cccc(-c3ccc4ccc5c(-c6c7ccccc7c(-c7ccc(F)cc7)c7ccccc67)ccc6ccc3c4c65)c2)cc1. The summed E-state index contributed by atoms with van der Waals surface area (Å²) in [5, 5.41) is 11.9. The van der Waals surface area contributed by atoms with E-state index >= 15 is 0 Å². The van der Waals surface area contributed by atoms with Gasteiger partial charge in [-0.25, -0.2) is 8.78 Å². The van der Waals surface area contributed by atoms with E-state index in [1.165, 1.54) is 71.9 Å². The number of fused-ring (bicyclic) bond motifs is 2. The summed E-state index contributed by atoms with van der Waals surface area (Å²) in [6, 6.07) is 57.3. The maximum absolute atomic E-state index is 14.0. The predicted molar refractivity (Wildman–Crippen MR) is 207 cm³/mol. The number of hydrogen-bond donors (Lipinski definition) is 0. The third kappa shape index (κ3) is 4.35. The Labute approximate surface area is 287 Å². The molecule has 0 unspecified atom stereocenters. The van der Waals surface area contributed by atoms with Gasteiger partial charge in [0.05, 0.1) is 0 Å². The van der Waals surface area contributed by atoms with Gasteiger partial charge in [-0.15, -0.1) is 0 Å². The van der Waals surface area contributed by atoms with Crippen LogP contribution in [-0.2, 0) is 0 Å². The summed E-state index contributed by atoms with van der Waals surface area (Å²) < 4.78 is 27.7. The molecule has 0 spiro atoms. The second kappa shape index (κ2) is 11.1. The highest BCUT2D eigenvalue weighted by Gasteiger charge is 2.20. The zero-order valence-electron chi connectivity index (χ0n) is 26.9. The van der Waals surface area contributed by atoms with Crippen molar-refractivity contribution in [3.63, 3.8) is 0 Å². The molecule has 2 heteroatoms. The van der Waals surface area contributed by atoms with E-state index in [4.69, 9.17) is 0 Å². The summed E-state index contributed by atoms with van der Waals surface area (Å²) >= 11 is 0. The van der Waals surface area contributed by atoms with E-state index in [2.05, 4.69) is 121 Å². The first-order chi connectivity index (χ1) is 24.6. The molecule has 0 saturated heterocycles. The Kier molecular flexibility index (Phi) is 6.34. The van der Waals surface area contributed by atoms with Crippen LogP contribution in [0.5, 0.6) is 0 Å². The molecular weight excluding hydrogens is 615 g/mol. The summed E-state index contributed by atoms with van der Waals surface area (Å²) in [7, 11) is 0. The van der Waals surface area contributed by atoms with Crippen molar-refractivity contribution in [2.75, 3.05) is 0 Å². The van der Waals surface area contributed by atoms with Gasteiger partial charge in [-0.05, 0) is 129 Å². The Balaban J connectivity index is 1.24. The summed E-state index contributed by atoms with van der Waals surface area (Å²) in [6.07, 6.45) is 0. The number of benzene rings is 10. The van der Waals surface area contributed by atoms with Crippen molar-refractivity contribution >= 4 is 53.9 Å². The average molecular weight is 643 g/mol. The van der Waals surface area contributed by atoms with Crippen LogP contribution in [0.15, 0.2) is 170 Å². The largest absolute Gasteiger partial charge is 0.207 e. The summed E-state index contributed by atoms with van der Waals surface area (Å²) in [5.74, 6) is -0.475. The zero-order valence-corrected chi connectivity index (χ0v) is 26.9. The first-order valence-electron chi connectivity index (χ1n) is 16.9. The van der Waals surface area contributed by atoms with Gasteiger partial charge >= 0.3 is 0 Å². The van der Waals surface area contributed by atoms with Crippen LogP contribution < -0.4 is 0 Å². The van der Waals surface area contributed by atoms with Gasteiger partial charge in [0, 0.05) is 0 Å². The smallest absolute Gasteiger partial charge is 0.123 e. The van der Waals surface area contributed by atoms with Gasteiger partial charge in [0.2, 0.25) is 0 Å². The first-order valence-corrected chi connectivity index (χ1v) is 16.9. The van der Waals surface area contributed by atoms with E-state index in [0.717, 1.165) is 38.6 Å². The predicted octanol–water partition coefficient (Wildman–Crippen LogP) is 13.8. The summed E-state index contributed by atoms with van der Waals surface area (Å²) in [6.45, 7) is 0. The fourth-order valence-corrected chi connectivity index (χ4v) is 8.13. The molecule has 50 heavy (non-hydrogen) atoms. The van der Waals surface area contributed by atoms with Crippen LogP contribution in [0.4, 0.5) is 8.78 Å². The average Bonchev–Trinajstić information content (AvgIpc) is 3.17. The minimum absolute atomic E-state index is 0.235. The molecule has 0 heterocycles. The molecule has 0 aliphatic carbocycles. The monoisotopic (exact) mass is 642 g/mol. The van der Waals surface area contributed by atoms with Crippen molar-refractivity contribution in [1.29, 1.82) is 0 Å². The molecule has 0 bridgehead atoms. The van der Waals surface area contributed by atoms with Crippen molar-refractivity contribution in [2.24, 2.45) is 0 Å². The molecule has 0 nitrogen and oxygen atoms in total. The lowest BCUT2D eigenvalue weighted by Crippen LogP contribution is -1.93. The highest BCUT2D eigenvalue weighted by molar-refractivity contribution is 6.30. The molecule has 10 rings (SSSR count). The third-order valence-corrected chi connectivity index (χ3v) is 10.3. The molecular formula is C48H28F2. The van der Waals surface area contributed by atoms with Gasteiger partial charge in [-0.3, -0.25) is 0 Å². The van der Waals surface area contributed by atoms with E-state index in [9.17, 15) is 8.78 Å². The van der Waals surface area contributed by atoms with E-state index in [1.54, 1.807) is 12.1 Å². The molecule has 0 aromatic heterocycles. The zero-order chi connectivity index (χ0) is 33.3. The van der Waals surface area contributed by atoms with Crippen LogP contribution in [0.1, 0.15) is 0 Å². The van der Waals surface area contributed by atoms with Gasteiger partial charge < -0.3 is 0 Å². The Morgan fingerprint density at radius 3 is 1.32 bits per heavy atom. The lowest BCUT2D eigenvalue weighted by molar-refractivity contribution is 0.627. The highest BCUT2D eigenvalue weighted by Crippen LogP contribution is 2.48. The Hall–Kier alpha value is -6.38. The molecule has 234 valence electrons. The van der Waals surface area contributed by atoms with Gasteiger partial charge in [0.15, 0.2) is 0 Å². The van der Waals surface area contributed by atoms with Crippen molar-refractivity contribution in [3.8, 4) is 44.5 Å². The Morgan fingerprint density at radius 1 is 0.280 bits per heavy atom. The molecule has 0 aliphatic heterocycles. The van der Waals surface area contributed by atoms with Crippen molar-refractivity contribution in [1.82, 2.24) is 0 Å². The Bertz CT molecular complexity index is 2860. The molecule has 10 aromatic carbocycles. The molecule has 0 N–H and O–H groups in total. The van der Waals surface area contributed by atoms with Crippen molar-refractivity contribution in [3.05, 3.63) is 181 Å². The molecule has 0 amide bonds. The fourth-order valence-electron chi connectivity index (χ4n) is 8.13. The summed E-state index contributed by atoms with van der Waals surface area (Å²) in [5.41, 5.74) is 8.83. The van der Waals surface area contributed by atoms with Crippen LogP contribution >= 0.6 is 0 Å². The van der Waals surface area contributed by atoms with Crippen LogP contribution in [0, 0.1) is 11.6 Å². The van der Waals surface area contributed by atoms with E-state index in [-0.39, 0.29) is 11.6 Å². The van der Waals surface area contributed by atoms with E-state index < -0.39 is 0 Å². The van der Waals surface area contributed by atoms with Crippen LogP contribution in [0.3, 0.4) is 0 Å². The molecule has 10 aromatic rings. The number of hydrogen-bond acceptors (Lipinski definition) is 0. The lowest BCUT2D eigenvalue weighted by atomic mass is 9.83. The molecule has 0 atom stereocenters. The van der Waals surface area contributed by atoms with Crippen molar-refractivity contribution < 1.29 is 8.78 Å². The van der Waals surface area contributed by atoms with Crippen LogP contribution in [-0.4, -0.2) is 0 Å². The topological polar surface area (TPSA) is 0 Å². The van der Waals surface area contributed by atoms with Gasteiger partial charge in [-0.2, -0.15) is 0 Å². The van der Waals surface area contributed by atoms with E-state index in [0.29, 0.717) is 0 Å². The molecule has 0 saturated carbocycles. The van der Waals surface area contributed by atoms with Gasteiger partial charge in [0.25, 0.3) is 0 Å². The maximum Gasteiger partial charge on any atom is 0.123 e. The van der Waals surface area contributed by atoms with Gasteiger partial charge in [0.1, 0.15) is 11.6 Å². The third-order valence-electron chi connectivity index (χ3n) is 10.3. The number of halogens is 2. The number of rotatable bonds is 4. The molecule has 0 radical (unpaired) electrons. The minimum Gasteiger partial charge on any atom is -0.207 e. The molecule has 0 aliphatic rings. The van der Waals surface area contributed by atoms with E-state index in [1.807, 2.05) is 24.3 Å². The normalized spacial score (nSPS) is 11.8. The standard InChI is InChI=1S/C48H28F2/c49-35-20-12-29(13-21-35)33-6-5-7-34(28-33)37-24-16-31-18-26-43-44(27-19-32-17-25-42(37)46(31)47(32)43)48-40-10-3-1-8-38(40)45(30-14-22-36(50)23-15-30)39-9-2-4-11-41(39)48/h1-28H. The van der Waals surface area contributed by atoms with Crippen LogP contribution in [0.25, 0.3) is 98.4 Å². The second-order valence-corrected chi connectivity index (χ2v) is 13.1. The van der Waals surface area contributed by atoms with Crippen molar-refractivity contribution in [2.45, 2.75) is 0 Å². The minimum atomic E-state index is -0.239. The lowest BCUT2D eigenvalue weighted by Gasteiger charge is -2.20. The molecule has 0 fully saturated rings.